The van der Waals surface area contributed by atoms with Gasteiger partial charge in [-0.2, -0.15) is 0 Å². The van der Waals surface area contributed by atoms with E-state index < -0.39 is 0 Å². The molecule has 0 aliphatic rings. The summed E-state index contributed by atoms with van der Waals surface area (Å²) in [5, 5.41) is 8.06. The first kappa shape index (κ1) is 14.9. The molecule has 0 aliphatic carbocycles. The highest BCUT2D eigenvalue weighted by atomic mass is 16.5. The first-order chi connectivity index (χ1) is 6.00. The lowest BCUT2D eigenvalue weighted by molar-refractivity contribution is -0.141. The second-order valence-corrected chi connectivity index (χ2v) is 3.14. The molecule has 0 heterocycles. The minimum absolute atomic E-state index is 0.167. The van der Waals surface area contributed by atoms with Gasteiger partial charge in [-0.1, -0.05) is 19.8 Å². The van der Waals surface area contributed by atoms with Crippen LogP contribution in [0.4, 0.5) is 0 Å². The van der Waals surface area contributed by atoms with Gasteiger partial charge in [-0.3, -0.25) is 4.79 Å². The summed E-state index contributed by atoms with van der Waals surface area (Å²) in [4.78, 5) is 10.2. The van der Waals surface area contributed by atoms with E-state index in [0.29, 0.717) is 6.61 Å². The van der Waals surface area contributed by atoms with Crippen molar-refractivity contribution in [3.05, 3.63) is 0 Å². The standard InChI is InChI=1S/C7H14O2.C3H8O/c1-3-4-5-6-9-7(2)8;1-3(2)4/h3-6H2,1-2H3;3-4H,1-2H3. The Kier molecular flexibility index (Phi) is 13.1. The van der Waals surface area contributed by atoms with Gasteiger partial charge in [-0.05, 0) is 20.3 Å². The lowest BCUT2D eigenvalue weighted by Crippen LogP contribution is -1.99. The van der Waals surface area contributed by atoms with Crippen molar-refractivity contribution in [2.45, 2.75) is 53.1 Å². The van der Waals surface area contributed by atoms with E-state index in [4.69, 9.17) is 9.84 Å². The van der Waals surface area contributed by atoms with Gasteiger partial charge in [0.25, 0.3) is 0 Å². The smallest absolute Gasteiger partial charge is 0.302 e. The van der Waals surface area contributed by atoms with Crippen LogP contribution >= 0.6 is 0 Å². The molecule has 0 radical (unpaired) electrons. The summed E-state index contributed by atoms with van der Waals surface area (Å²) in [5.41, 5.74) is 0. The predicted octanol–water partition coefficient (Wildman–Crippen LogP) is 2.13. The molecule has 0 fully saturated rings. The number of carbonyl (C=O) groups is 1. The zero-order valence-electron chi connectivity index (χ0n) is 9.17. The highest BCUT2D eigenvalue weighted by molar-refractivity contribution is 5.65. The van der Waals surface area contributed by atoms with Gasteiger partial charge in [-0.15, -0.1) is 0 Å². The second kappa shape index (κ2) is 11.4. The minimum Gasteiger partial charge on any atom is -0.466 e. The predicted molar refractivity (Wildman–Crippen MR) is 53.5 cm³/mol. The number of aliphatic hydroxyl groups excluding tert-OH is 1. The summed E-state index contributed by atoms with van der Waals surface area (Å²) in [5.74, 6) is -0.175. The van der Waals surface area contributed by atoms with E-state index in [2.05, 4.69) is 6.92 Å². The molecule has 0 atom stereocenters. The maximum atomic E-state index is 10.2. The van der Waals surface area contributed by atoms with Crippen LogP contribution in [0.3, 0.4) is 0 Å². The van der Waals surface area contributed by atoms with Crippen LogP contribution in [0, 0.1) is 0 Å². The topological polar surface area (TPSA) is 46.5 Å². The summed E-state index contributed by atoms with van der Waals surface area (Å²) in [6.07, 6.45) is 3.14. The van der Waals surface area contributed by atoms with Crippen LogP contribution in [-0.4, -0.2) is 23.8 Å². The Hall–Kier alpha value is -0.570. The first-order valence-electron chi connectivity index (χ1n) is 4.82. The molecule has 0 bridgehead atoms. The number of carbonyl (C=O) groups excluding carboxylic acids is 1. The normalized spacial score (nSPS) is 9.08. The third-order valence-electron chi connectivity index (χ3n) is 1.05. The van der Waals surface area contributed by atoms with Crippen molar-refractivity contribution in [1.82, 2.24) is 0 Å². The van der Waals surface area contributed by atoms with E-state index >= 15 is 0 Å². The van der Waals surface area contributed by atoms with Crippen LogP contribution in [-0.2, 0) is 9.53 Å². The molecule has 0 unspecified atom stereocenters. The average Bonchev–Trinajstić information content (AvgIpc) is 1.97. The molecule has 0 saturated heterocycles. The Morgan fingerprint density at radius 1 is 1.38 bits per heavy atom. The van der Waals surface area contributed by atoms with Crippen molar-refractivity contribution in [3.63, 3.8) is 0 Å². The first-order valence-corrected chi connectivity index (χ1v) is 4.82. The molecule has 0 rings (SSSR count). The van der Waals surface area contributed by atoms with Crippen molar-refractivity contribution in [2.24, 2.45) is 0 Å². The lowest BCUT2D eigenvalue weighted by atomic mass is 10.3. The van der Waals surface area contributed by atoms with Gasteiger partial charge < -0.3 is 9.84 Å². The Bertz CT molecular complexity index is 108. The molecular weight excluding hydrogens is 168 g/mol. The van der Waals surface area contributed by atoms with Gasteiger partial charge in [0.2, 0.25) is 0 Å². The van der Waals surface area contributed by atoms with E-state index in [9.17, 15) is 4.79 Å². The third-order valence-corrected chi connectivity index (χ3v) is 1.05. The fourth-order valence-electron chi connectivity index (χ4n) is 0.568. The molecule has 80 valence electrons. The molecule has 3 heteroatoms. The molecule has 0 amide bonds. The molecule has 0 spiro atoms. The van der Waals surface area contributed by atoms with Gasteiger partial charge in [0.05, 0.1) is 6.61 Å². The third kappa shape index (κ3) is 34.5. The number of rotatable bonds is 4. The summed E-state index contributed by atoms with van der Waals surface area (Å²) in [6, 6.07) is 0. The zero-order valence-corrected chi connectivity index (χ0v) is 9.17. The van der Waals surface area contributed by atoms with E-state index in [1.54, 1.807) is 13.8 Å². The maximum Gasteiger partial charge on any atom is 0.302 e. The Balaban J connectivity index is 0. The molecule has 0 aromatic heterocycles. The molecular formula is C10H22O3. The molecule has 3 nitrogen and oxygen atoms in total. The molecule has 0 aromatic carbocycles. The van der Waals surface area contributed by atoms with Crippen LogP contribution in [0.1, 0.15) is 47.0 Å². The summed E-state index contributed by atoms with van der Waals surface area (Å²) in [7, 11) is 0. The number of hydrogen-bond acceptors (Lipinski definition) is 3. The van der Waals surface area contributed by atoms with Crippen LogP contribution in [0.25, 0.3) is 0 Å². The van der Waals surface area contributed by atoms with Crippen LogP contribution in [0.5, 0.6) is 0 Å². The van der Waals surface area contributed by atoms with Crippen molar-refractivity contribution in [2.75, 3.05) is 6.61 Å². The van der Waals surface area contributed by atoms with Crippen LogP contribution in [0.2, 0.25) is 0 Å². The number of unbranched alkanes of at least 4 members (excludes halogenated alkanes) is 2. The van der Waals surface area contributed by atoms with Crippen LogP contribution in [0.15, 0.2) is 0 Å². The van der Waals surface area contributed by atoms with E-state index in [-0.39, 0.29) is 12.1 Å². The summed E-state index contributed by atoms with van der Waals surface area (Å²) < 4.78 is 4.70. The van der Waals surface area contributed by atoms with E-state index in [0.717, 1.165) is 12.8 Å². The van der Waals surface area contributed by atoms with Gasteiger partial charge in [0.15, 0.2) is 0 Å². The molecule has 0 aliphatic heterocycles. The highest BCUT2D eigenvalue weighted by Crippen LogP contribution is 1.93. The van der Waals surface area contributed by atoms with Crippen molar-refractivity contribution < 1.29 is 14.6 Å². The van der Waals surface area contributed by atoms with Gasteiger partial charge >= 0.3 is 5.97 Å². The second-order valence-electron chi connectivity index (χ2n) is 3.14. The number of ether oxygens (including phenoxy) is 1. The zero-order chi connectivity index (χ0) is 10.7. The Morgan fingerprint density at radius 2 is 1.85 bits per heavy atom. The highest BCUT2D eigenvalue weighted by Gasteiger charge is 1.89. The number of esters is 1. The summed E-state index contributed by atoms with van der Waals surface area (Å²) in [6.45, 7) is 7.59. The van der Waals surface area contributed by atoms with Crippen molar-refractivity contribution >= 4 is 5.97 Å². The Labute approximate surface area is 81.1 Å². The lowest BCUT2D eigenvalue weighted by Gasteiger charge is -1.98. The average molecular weight is 190 g/mol. The molecule has 0 aromatic rings. The summed E-state index contributed by atoms with van der Waals surface area (Å²) >= 11 is 0. The van der Waals surface area contributed by atoms with Gasteiger partial charge in [0.1, 0.15) is 0 Å². The van der Waals surface area contributed by atoms with Crippen molar-refractivity contribution in [1.29, 1.82) is 0 Å². The van der Waals surface area contributed by atoms with E-state index in [1.807, 2.05) is 0 Å². The molecule has 0 saturated carbocycles. The fraction of sp³-hybridized carbons (Fsp3) is 0.900. The van der Waals surface area contributed by atoms with Gasteiger partial charge in [-0.25, -0.2) is 0 Å². The quantitative estimate of drug-likeness (QED) is 0.545. The molecule has 13 heavy (non-hydrogen) atoms. The SMILES string of the molecule is CC(C)O.CCCCCOC(C)=O. The van der Waals surface area contributed by atoms with Crippen LogP contribution < -0.4 is 0 Å². The van der Waals surface area contributed by atoms with Gasteiger partial charge in [0, 0.05) is 13.0 Å². The van der Waals surface area contributed by atoms with E-state index in [1.165, 1.54) is 13.3 Å². The van der Waals surface area contributed by atoms with Crippen molar-refractivity contribution in [3.8, 4) is 0 Å². The fourth-order valence-corrected chi connectivity index (χ4v) is 0.568. The Morgan fingerprint density at radius 3 is 2.15 bits per heavy atom. The number of hydrogen-bond donors (Lipinski definition) is 1. The monoisotopic (exact) mass is 190 g/mol. The number of aliphatic hydroxyl groups is 1. The largest absolute Gasteiger partial charge is 0.466 e. The minimum atomic E-state index is -0.175. The molecule has 1 N–H and O–H groups in total. The maximum absolute atomic E-state index is 10.2.